The summed E-state index contributed by atoms with van der Waals surface area (Å²) < 4.78 is 22.6. The van der Waals surface area contributed by atoms with Crippen LogP contribution >= 0.6 is 0 Å². The summed E-state index contributed by atoms with van der Waals surface area (Å²) in [6, 6.07) is -0.937. The monoisotopic (exact) mass is 922 g/mol. The van der Waals surface area contributed by atoms with Crippen molar-refractivity contribution in [2.75, 3.05) is 19.8 Å². The van der Waals surface area contributed by atoms with Crippen LogP contribution in [0.15, 0.2) is 72.9 Å². The zero-order valence-electron chi connectivity index (χ0n) is 39.4. The van der Waals surface area contributed by atoms with E-state index >= 15 is 0 Å². The van der Waals surface area contributed by atoms with Crippen LogP contribution in [0.3, 0.4) is 0 Å². The van der Waals surface area contributed by atoms with Gasteiger partial charge in [-0.2, -0.15) is 0 Å². The molecule has 65 heavy (non-hydrogen) atoms. The van der Waals surface area contributed by atoms with Gasteiger partial charge in [0.15, 0.2) is 12.6 Å². The fourth-order valence-electron chi connectivity index (χ4n) is 7.59. The number of carbonyl (C=O) groups is 1. The van der Waals surface area contributed by atoms with Gasteiger partial charge in [-0.25, -0.2) is 0 Å². The first-order chi connectivity index (χ1) is 31.6. The van der Waals surface area contributed by atoms with Gasteiger partial charge in [0.25, 0.3) is 0 Å². The standard InChI is InChI=1S/C51H87NO13/c1-3-5-7-9-11-13-15-16-17-18-19-20-21-22-23-24-25-27-29-31-33-35-43(56)52-39(40(55)34-32-30-28-26-14-12-10-8-6-4-2)38-62-50-48(61)46(59)49(42(37-54)64-50)65-51-47(60)45(58)44(57)41(36-53)63-51/h5,7,11,13-14,16-17,19-20,26,32,34,39-42,44-51,53-55,57-61H,3-4,6,8-10,12,15,18,21-25,27-31,33,35-38H2,1-2H3,(H,52,56)/b7-5-,13-11-,17-16-,20-19-,26-14+,34-32+. The second-order valence-corrected chi connectivity index (χ2v) is 17.2. The number of hydrogen-bond donors (Lipinski definition) is 9. The number of aliphatic hydroxyl groups excluding tert-OH is 8. The van der Waals surface area contributed by atoms with Crippen LogP contribution in [-0.4, -0.2) is 140 Å². The van der Waals surface area contributed by atoms with E-state index in [-0.39, 0.29) is 18.9 Å². The molecule has 374 valence electrons. The molecule has 2 fully saturated rings. The molecule has 0 aromatic carbocycles. The lowest BCUT2D eigenvalue weighted by atomic mass is 9.97. The molecule has 2 saturated heterocycles. The van der Waals surface area contributed by atoms with Gasteiger partial charge in [-0.3, -0.25) is 4.79 Å². The maximum Gasteiger partial charge on any atom is 0.220 e. The summed E-state index contributed by atoms with van der Waals surface area (Å²) in [6.07, 6.45) is 29.5. The van der Waals surface area contributed by atoms with Gasteiger partial charge in [-0.05, 0) is 70.6 Å². The van der Waals surface area contributed by atoms with E-state index < -0.39 is 86.8 Å². The third-order valence-electron chi connectivity index (χ3n) is 11.6. The van der Waals surface area contributed by atoms with Gasteiger partial charge in [0.1, 0.15) is 48.8 Å². The summed E-state index contributed by atoms with van der Waals surface area (Å²) >= 11 is 0. The molecule has 9 N–H and O–H groups in total. The normalized spacial score (nSPS) is 27.7. The molecule has 2 aliphatic rings. The first-order valence-corrected chi connectivity index (χ1v) is 24.7. The number of hydrogen-bond acceptors (Lipinski definition) is 13. The smallest absolute Gasteiger partial charge is 0.220 e. The quantitative estimate of drug-likeness (QED) is 0.0258. The van der Waals surface area contributed by atoms with Gasteiger partial charge in [-0.15, -0.1) is 0 Å². The molecule has 12 unspecified atom stereocenters. The molecule has 0 aromatic heterocycles. The second kappa shape index (κ2) is 37.4. The van der Waals surface area contributed by atoms with E-state index in [1.165, 1.54) is 38.5 Å². The van der Waals surface area contributed by atoms with Crippen molar-refractivity contribution in [3.63, 3.8) is 0 Å². The third-order valence-corrected chi connectivity index (χ3v) is 11.6. The Balaban J connectivity index is 1.82. The molecule has 2 rings (SSSR count). The molecule has 0 spiro atoms. The third kappa shape index (κ3) is 24.9. The minimum absolute atomic E-state index is 0.260. The van der Waals surface area contributed by atoms with Crippen molar-refractivity contribution >= 4 is 5.91 Å². The number of unbranched alkanes of at least 4 members (excludes halogenated alkanes) is 13. The fraction of sp³-hybridized carbons (Fsp3) is 0.745. The molecule has 1 amide bonds. The molecule has 14 heteroatoms. The molecule has 2 aliphatic heterocycles. The van der Waals surface area contributed by atoms with Crippen LogP contribution in [0, 0.1) is 0 Å². The van der Waals surface area contributed by atoms with Crippen LogP contribution < -0.4 is 5.32 Å². The Morgan fingerprint density at radius 1 is 0.569 bits per heavy atom. The van der Waals surface area contributed by atoms with E-state index in [9.17, 15) is 45.6 Å². The summed E-state index contributed by atoms with van der Waals surface area (Å²) in [5, 5.41) is 86.5. The first-order valence-electron chi connectivity index (χ1n) is 24.7. The predicted octanol–water partition coefficient (Wildman–Crippen LogP) is 6.04. The SMILES string of the molecule is CC/C=C\C/C=C\C/C=C\C/C=C\CCCCCCCCCCC(=O)NC(COC1OC(CO)C(OC2OC(CO)C(O)C(O)C2O)C(O)C1O)C(O)/C=C/CC/C=C/CCCCCC. The van der Waals surface area contributed by atoms with Crippen molar-refractivity contribution < 1.29 is 64.6 Å². The van der Waals surface area contributed by atoms with Crippen molar-refractivity contribution in [1.82, 2.24) is 5.32 Å². The molecule has 14 nitrogen and oxygen atoms in total. The first kappa shape index (κ1) is 58.6. The summed E-state index contributed by atoms with van der Waals surface area (Å²) in [7, 11) is 0. The molecule has 0 aliphatic carbocycles. The van der Waals surface area contributed by atoms with E-state index in [0.29, 0.717) is 12.8 Å². The van der Waals surface area contributed by atoms with Gasteiger partial charge in [0.05, 0.1) is 32.0 Å². The van der Waals surface area contributed by atoms with Crippen molar-refractivity contribution in [2.45, 2.75) is 222 Å². The molecule has 12 atom stereocenters. The van der Waals surface area contributed by atoms with Crippen molar-refractivity contribution in [3.8, 4) is 0 Å². The molecular weight excluding hydrogens is 835 g/mol. The summed E-state index contributed by atoms with van der Waals surface area (Å²) in [6.45, 7) is 2.58. The van der Waals surface area contributed by atoms with Crippen molar-refractivity contribution in [3.05, 3.63) is 72.9 Å². The van der Waals surface area contributed by atoms with Gasteiger partial charge in [0, 0.05) is 6.42 Å². The van der Waals surface area contributed by atoms with Crippen molar-refractivity contribution in [1.29, 1.82) is 0 Å². The largest absolute Gasteiger partial charge is 0.394 e. The lowest BCUT2D eigenvalue weighted by molar-refractivity contribution is -0.359. The Bertz CT molecular complexity index is 1370. The Hall–Kier alpha value is -2.57. The minimum Gasteiger partial charge on any atom is -0.394 e. The average molecular weight is 922 g/mol. The van der Waals surface area contributed by atoms with Crippen molar-refractivity contribution in [2.24, 2.45) is 0 Å². The van der Waals surface area contributed by atoms with Crippen LogP contribution in [-0.2, 0) is 23.7 Å². The zero-order chi connectivity index (χ0) is 47.5. The highest BCUT2D eigenvalue weighted by Gasteiger charge is 2.51. The van der Waals surface area contributed by atoms with Gasteiger partial charge < -0.3 is 65.1 Å². The Labute approximate surface area is 389 Å². The molecule has 0 aromatic rings. The topological polar surface area (TPSA) is 228 Å². The maximum absolute atomic E-state index is 13.1. The summed E-state index contributed by atoms with van der Waals surface area (Å²) in [5.41, 5.74) is 0. The van der Waals surface area contributed by atoms with Gasteiger partial charge in [0.2, 0.25) is 5.91 Å². The summed E-state index contributed by atoms with van der Waals surface area (Å²) in [4.78, 5) is 13.1. The van der Waals surface area contributed by atoms with E-state index in [0.717, 1.165) is 77.0 Å². The Kier molecular flexibility index (Phi) is 33.7. The zero-order valence-corrected chi connectivity index (χ0v) is 39.4. The van der Waals surface area contributed by atoms with Crippen LogP contribution in [0.5, 0.6) is 0 Å². The number of aliphatic hydroxyl groups is 8. The van der Waals surface area contributed by atoms with Gasteiger partial charge >= 0.3 is 0 Å². The van der Waals surface area contributed by atoms with Crippen LogP contribution in [0.1, 0.15) is 149 Å². The number of ether oxygens (including phenoxy) is 4. The molecule has 2 heterocycles. The number of rotatable bonds is 36. The Morgan fingerprint density at radius 2 is 1.08 bits per heavy atom. The minimum atomic E-state index is -1.79. The van der Waals surface area contributed by atoms with Crippen LogP contribution in [0.25, 0.3) is 0 Å². The predicted molar refractivity (Wildman–Crippen MR) is 253 cm³/mol. The molecule has 0 saturated carbocycles. The van der Waals surface area contributed by atoms with Crippen LogP contribution in [0.4, 0.5) is 0 Å². The lowest BCUT2D eigenvalue weighted by Crippen LogP contribution is -2.65. The average Bonchev–Trinajstić information content (AvgIpc) is 3.30. The highest BCUT2D eigenvalue weighted by molar-refractivity contribution is 5.76. The Morgan fingerprint density at radius 3 is 1.69 bits per heavy atom. The highest BCUT2D eigenvalue weighted by Crippen LogP contribution is 2.30. The maximum atomic E-state index is 13.1. The van der Waals surface area contributed by atoms with Crippen LogP contribution in [0.2, 0.25) is 0 Å². The van der Waals surface area contributed by atoms with E-state index in [1.54, 1.807) is 6.08 Å². The van der Waals surface area contributed by atoms with E-state index in [4.69, 9.17) is 18.9 Å². The lowest BCUT2D eigenvalue weighted by Gasteiger charge is -2.46. The highest BCUT2D eigenvalue weighted by atomic mass is 16.7. The number of nitrogens with one attached hydrogen (secondary N) is 1. The number of allylic oxidation sites excluding steroid dienone is 11. The fourth-order valence-corrected chi connectivity index (χ4v) is 7.59. The summed E-state index contributed by atoms with van der Waals surface area (Å²) in [5.74, 6) is -0.265. The number of amides is 1. The van der Waals surface area contributed by atoms with Gasteiger partial charge in [-0.1, -0.05) is 145 Å². The van der Waals surface area contributed by atoms with E-state index in [1.807, 2.05) is 6.08 Å². The molecule has 0 radical (unpaired) electrons. The molecular formula is C51H87NO13. The molecule has 0 bridgehead atoms. The van der Waals surface area contributed by atoms with E-state index in [2.05, 4.69) is 79.9 Å². The number of carbonyl (C=O) groups excluding carboxylic acids is 1. The second-order valence-electron chi connectivity index (χ2n) is 17.2.